The van der Waals surface area contributed by atoms with Crippen molar-refractivity contribution in [2.75, 3.05) is 0 Å². The van der Waals surface area contributed by atoms with E-state index in [-0.39, 0.29) is 22.7 Å². The predicted octanol–water partition coefficient (Wildman–Crippen LogP) is 4.37. The molecule has 6 heteroatoms. The summed E-state index contributed by atoms with van der Waals surface area (Å²) in [6.07, 6.45) is 0.213. The van der Waals surface area contributed by atoms with E-state index >= 15 is 0 Å². The standard InChI is InChI=1S/C17H13F3N2O/c1-2-5-13(23)9-8-12-10-22-16(11-21-12)14-6-3-4-7-15(14)17(18,19)20/h3-7,10-11,23H,2H2,1H3/b13-5+. The third-order valence-electron chi connectivity index (χ3n) is 2.88. The number of halogens is 3. The monoisotopic (exact) mass is 318 g/mol. The molecule has 1 heterocycles. The van der Waals surface area contributed by atoms with Crippen molar-refractivity contribution in [3.63, 3.8) is 0 Å². The minimum absolute atomic E-state index is 0.0410. The van der Waals surface area contributed by atoms with E-state index in [1.807, 2.05) is 6.92 Å². The molecular formula is C17H13F3N2O. The van der Waals surface area contributed by atoms with Crippen LogP contribution in [0.5, 0.6) is 0 Å². The van der Waals surface area contributed by atoms with Crippen molar-refractivity contribution in [3.05, 3.63) is 59.8 Å². The molecule has 0 aliphatic carbocycles. The second kappa shape index (κ2) is 6.97. The molecule has 1 N–H and O–H groups in total. The van der Waals surface area contributed by atoms with Crippen molar-refractivity contribution in [1.29, 1.82) is 0 Å². The summed E-state index contributed by atoms with van der Waals surface area (Å²) < 4.78 is 39.0. The maximum Gasteiger partial charge on any atom is 0.417 e. The smallest absolute Gasteiger partial charge is 0.417 e. The number of aliphatic hydroxyl groups excluding tert-OH is 1. The first kappa shape index (κ1) is 16.6. The Kier molecular flexibility index (Phi) is 5.02. The van der Waals surface area contributed by atoms with Gasteiger partial charge in [0.25, 0.3) is 0 Å². The van der Waals surface area contributed by atoms with Gasteiger partial charge in [0.1, 0.15) is 5.69 Å². The summed E-state index contributed by atoms with van der Waals surface area (Å²) in [5.74, 6) is 4.98. The van der Waals surface area contributed by atoms with Crippen LogP contribution in [0.25, 0.3) is 11.3 Å². The lowest BCUT2D eigenvalue weighted by atomic mass is 10.0. The lowest BCUT2D eigenvalue weighted by molar-refractivity contribution is -0.137. The summed E-state index contributed by atoms with van der Waals surface area (Å²) in [5.41, 5.74) is -0.441. The highest BCUT2D eigenvalue weighted by molar-refractivity contribution is 5.63. The van der Waals surface area contributed by atoms with Gasteiger partial charge in [-0.05, 0) is 30.4 Å². The topological polar surface area (TPSA) is 46.0 Å². The summed E-state index contributed by atoms with van der Waals surface area (Å²) in [6.45, 7) is 1.85. The number of hydrogen-bond acceptors (Lipinski definition) is 3. The number of aromatic nitrogens is 2. The molecule has 0 fully saturated rings. The van der Waals surface area contributed by atoms with E-state index in [2.05, 4.69) is 21.8 Å². The van der Waals surface area contributed by atoms with Gasteiger partial charge in [-0.1, -0.05) is 25.1 Å². The van der Waals surface area contributed by atoms with Crippen LogP contribution < -0.4 is 0 Å². The Balaban J connectivity index is 2.33. The first-order valence-electron chi connectivity index (χ1n) is 6.81. The van der Waals surface area contributed by atoms with Gasteiger partial charge in [-0.2, -0.15) is 13.2 Å². The van der Waals surface area contributed by atoms with Gasteiger partial charge in [-0.15, -0.1) is 0 Å². The first-order valence-corrected chi connectivity index (χ1v) is 6.81. The van der Waals surface area contributed by atoms with E-state index in [1.165, 1.54) is 36.7 Å². The van der Waals surface area contributed by atoms with Crippen molar-refractivity contribution in [2.24, 2.45) is 0 Å². The van der Waals surface area contributed by atoms with E-state index in [1.54, 1.807) is 0 Å². The average molecular weight is 318 g/mol. The SMILES string of the molecule is CC/C=C(/O)C#Cc1cnc(-c2ccccc2C(F)(F)F)cn1. The van der Waals surface area contributed by atoms with Gasteiger partial charge in [0.05, 0.1) is 23.7 Å². The Morgan fingerprint density at radius 3 is 2.57 bits per heavy atom. The van der Waals surface area contributed by atoms with Gasteiger partial charge in [0, 0.05) is 5.56 Å². The third kappa shape index (κ3) is 4.33. The minimum Gasteiger partial charge on any atom is -0.501 e. The van der Waals surface area contributed by atoms with Crippen molar-refractivity contribution in [3.8, 4) is 23.1 Å². The molecule has 0 spiro atoms. The van der Waals surface area contributed by atoms with Crippen LogP contribution in [0.15, 0.2) is 48.5 Å². The number of benzene rings is 1. The molecule has 1 aromatic carbocycles. The van der Waals surface area contributed by atoms with E-state index in [0.29, 0.717) is 6.42 Å². The van der Waals surface area contributed by atoms with Crippen LogP contribution in [0.2, 0.25) is 0 Å². The molecule has 2 rings (SSSR count). The molecule has 1 aromatic heterocycles. The van der Waals surface area contributed by atoms with Crippen LogP contribution >= 0.6 is 0 Å². The minimum atomic E-state index is -4.46. The van der Waals surface area contributed by atoms with E-state index in [4.69, 9.17) is 0 Å². The normalized spacial score (nSPS) is 11.7. The van der Waals surface area contributed by atoms with Gasteiger partial charge >= 0.3 is 6.18 Å². The summed E-state index contributed by atoms with van der Waals surface area (Å²) in [5, 5.41) is 9.38. The number of alkyl halides is 3. The van der Waals surface area contributed by atoms with Gasteiger partial charge in [-0.25, -0.2) is 4.98 Å². The number of aliphatic hydroxyl groups is 1. The van der Waals surface area contributed by atoms with E-state index in [0.717, 1.165) is 6.07 Å². The Hall–Kier alpha value is -2.81. The molecule has 0 aliphatic heterocycles. The molecule has 0 bridgehead atoms. The summed E-state index contributed by atoms with van der Waals surface area (Å²) >= 11 is 0. The zero-order valence-corrected chi connectivity index (χ0v) is 12.2. The third-order valence-corrected chi connectivity index (χ3v) is 2.88. The molecule has 0 radical (unpaired) electrons. The van der Waals surface area contributed by atoms with Crippen LogP contribution in [0, 0.1) is 11.8 Å². The summed E-state index contributed by atoms with van der Waals surface area (Å²) in [7, 11) is 0. The van der Waals surface area contributed by atoms with Crippen molar-refractivity contribution in [2.45, 2.75) is 19.5 Å². The molecule has 2 aromatic rings. The highest BCUT2D eigenvalue weighted by Crippen LogP contribution is 2.35. The van der Waals surface area contributed by atoms with Gasteiger partial charge < -0.3 is 5.11 Å². The number of hydrogen-bond donors (Lipinski definition) is 1. The largest absolute Gasteiger partial charge is 0.501 e. The number of allylic oxidation sites excluding steroid dienone is 2. The molecule has 23 heavy (non-hydrogen) atoms. The molecular weight excluding hydrogens is 305 g/mol. The van der Waals surface area contributed by atoms with Gasteiger partial charge in [0.15, 0.2) is 5.76 Å². The zero-order valence-electron chi connectivity index (χ0n) is 12.2. The highest BCUT2D eigenvalue weighted by atomic mass is 19.4. The van der Waals surface area contributed by atoms with Crippen molar-refractivity contribution < 1.29 is 18.3 Å². The van der Waals surface area contributed by atoms with E-state index < -0.39 is 11.7 Å². The Morgan fingerprint density at radius 2 is 1.96 bits per heavy atom. The fourth-order valence-electron chi connectivity index (χ4n) is 1.86. The molecule has 3 nitrogen and oxygen atoms in total. The average Bonchev–Trinajstić information content (AvgIpc) is 2.53. The lowest BCUT2D eigenvalue weighted by Gasteiger charge is -2.11. The quantitative estimate of drug-likeness (QED) is 0.661. The molecule has 118 valence electrons. The van der Waals surface area contributed by atoms with Gasteiger partial charge in [0.2, 0.25) is 0 Å². The maximum atomic E-state index is 13.0. The molecule has 0 amide bonds. The predicted molar refractivity (Wildman–Crippen MR) is 80.4 cm³/mol. The van der Waals surface area contributed by atoms with Crippen LogP contribution in [-0.4, -0.2) is 15.1 Å². The zero-order chi connectivity index (χ0) is 16.9. The number of nitrogens with zero attached hydrogens (tertiary/aromatic N) is 2. The first-order chi connectivity index (χ1) is 10.9. The molecule has 0 saturated heterocycles. The molecule has 0 atom stereocenters. The van der Waals surface area contributed by atoms with Crippen molar-refractivity contribution in [1.82, 2.24) is 9.97 Å². The second-order valence-corrected chi connectivity index (χ2v) is 4.58. The maximum absolute atomic E-state index is 13.0. The van der Waals surface area contributed by atoms with E-state index in [9.17, 15) is 18.3 Å². The Bertz CT molecular complexity index is 769. The number of rotatable bonds is 2. The van der Waals surface area contributed by atoms with Crippen LogP contribution in [0.3, 0.4) is 0 Å². The summed E-state index contributed by atoms with van der Waals surface area (Å²) in [6, 6.07) is 5.17. The summed E-state index contributed by atoms with van der Waals surface area (Å²) in [4.78, 5) is 7.95. The van der Waals surface area contributed by atoms with Crippen LogP contribution in [-0.2, 0) is 6.18 Å². The second-order valence-electron chi connectivity index (χ2n) is 4.58. The molecule has 0 unspecified atom stereocenters. The van der Waals surface area contributed by atoms with Crippen LogP contribution in [0.4, 0.5) is 13.2 Å². The van der Waals surface area contributed by atoms with Gasteiger partial charge in [-0.3, -0.25) is 4.98 Å². The van der Waals surface area contributed by atoms with Crippen LogP contribution in [0.1, 0.15) is 24.6 Å². The Morgan fingerprint density at radius 1 is 1.22 bits per heavy atom. The fraction of sp³-hybridized carbons (Fsp3) is 0.176. The Labute approximate surface area is 131 Å². The van der Waals surface area contributed by atoms with Crippen molar-refractivity contribution >= 4 is 0 Å². The fourth-order valence-corrected chi connectivity index (χ4v) is 1.86. The molecule has 0 saturated carbocycles. The lowest BCUT2D eigenvalue weighted by Crippen LogP contribution is -2.07. The molecule has 0 aliphatic rings. The highest BCUT2D eigenvalue weighted by Gasteiger charge is 2.33.